The van der Waals surface area contributed by atoms with E-state index in [0.29, 0.717) is 0 Å². The molecule has 1 rings (SSSR count). The maximum atomic E-state index is 7.92. The molecule has 0 amide bonds. The molecule has 0 aromatic heterocycles. The van der Waals surface area contributed by atoms with Crippen molar-refractivity contribution in [1.82, 2.24) is 0 Å². The molecular formula is C9H12. The van der Waals surface area contributed by atoms with Gasteiger partial charge in [0.2, 0.25) is 0 Å². The number of benzene rings is 1. The Hall–Kier alpha value is -0.780. The van der Waals surface area contributed by atoms with E-state index in [2.05, 4.69) is 0 Å². The van der Waals surface area contributed by atoms with Gasteiger partial charge < -0.3 is 0 Å². The van der Waals surface area contributed by atoms with E-state index >= 15 is 0 Å². The molecule has 0 heterocycles. The fraction of sp³-hybridized carbons (Fsp3) is 0.333. The van der Waals surface area contributed by atoms with Gasteiger partial charge in [-0.15, -0.1) is 0 Å². The molecular weight excluding hydrogens is 108 g/mol. The molecule has 48 valence electrons. The van der Waals surface area contributed by atoms with Gasteiger partial charge in [0.15, 0.2) is 0 Å². The van der Waals surface area contributed by atoms with Crippen molar-refractivity contribution in [3.05, 3.63) is 35.8 Å². The van der Waals surface area contributed by atoms with Crippen LogP contribution in [0.1, 0.15) is 41.6 Å². The molecule has 0 heteroatoms. The van der Waals surface area contributed by atoms with Gasteiger partial charge in [-0.25, -0.2) is 0 Å². The SMILES string of the molecule is [2H]c1c([2H])c([2H])c(C([2H])(C([2H])([2H])[2H])C([2H])([2H])[2H])c([2H])c1[2H]. The van der Waals surface area contributed by atoms with Gasteiger partial charge in [0, 0.05) is 9.60 Å². The summed E-state index contributed by atoms with van der Waals surface area (Å²) >= 11 is 0. The van der Waals surface area contributed by atoms with Gasteiger partial charge in [0.25, 0.3) is 0 Å². The van der Waals surface area contributed by atoms with E-state index in [1.54, 1.807) is 0 Å². The molecule has 0 aliphatic heterocycles. The van der Waals surface area contributed by atoms with E-state index < -0.39 is 55.4 Å². The first-order valence-electron chi connectivity index (χ1n) is 8.25. The summed E-state index contributed by atoms with van der Waals surface area (Å²) in [5.41, 5.74) is -1.05. The average molecular weight is 132 g/mol. The van der Waals surface area contributed by atoms with Crippen LogP contribution < -0.4 is 0 Å². The molecule has 0 aliphatic carbocycles. The minimum Gasteiger partial charge on any atom is -0.0622 e. The van der Waals surface area contributed by atoms with Crippen LogP contribution in [-0.4, -0.2) is 0 Å². The molecule has 0 fully saturated rings. The standard InChI is InChI=1S/C9H12/c1-8(2)9-6-4-3-5-7-9/h3-8H,1-2H3/i1D3,2D3,3D,4D,5D,6D,7D,8D. The molecule has 9 heavy (non-hydrogen) atoms. The molecule has 0 saturated carbocycles. The highest BCUT2D eigenvalue weighted by Crippen LogP contribution is 2.11. The van der Waals surface area contributed by atoms with Gasteiger partial charge in [0.05, 0.1) is 6.85 Å². The number of rotatable bonds is 1. The summed E-state index contributed by atoms with van der Waals surface area (Å²) in [7, 11) is 0. The summed E-state index contributed by atoms with van der Waals surface area (Å²) in [6.45, 7) is -6.82. The highest BCUT2D eigenvalue weighted by atomic mass is 14.0. The minimum atomic E-state index is -3.41. The Labute approximate surface area is 73.4 Å². The van der Waals surface area contributed by atoms with Crippen molar-refractivity contribution in [2.24, 2.45) is 0 Å². The van der Waals surface area contributed by atoms with E-state index in [1.807, 2.05) is 0 Å². The van der Waals surface area contributed by atoms with Gasteiger partial charge in [-0.3, -0.25) is 0 Å². The van der Waals surface area contributed by atoms with Gasteiger partial charge >= 0.3 is 0 Å². The van der Waals surface area contributed by atoms with Gasteiger partial charge in [-0.05, 0) is 11.5 Å². The molecule has 1 aromatic rings. The van der Waals surface area contributed by atoms with Crippen molar-refractivity contribution in [2.45, 2.75) is 19.6 Å². The summed E-state index contributed by atoms with van der Waals surface area (Å²) in [4.78, 5) is 0. The lowest BCUT2D eigenvalue weighted by molar-refractivity contribution is 0.867. The Kier molecular flexibility index (Phi) is 0.311. The van der Waals surface area contributed by atoms with Gasteiger partial charge in [-0.2, -0.15) is 0 Å². The van der Waals surface area contributed by atoms with E-state index in [0.717, 1.165) is 0 Å². The third-order valence-electron chi connectivity index (χ3n) is 0.750. The van der Waals surface area contributed by atoms with Crippen molar-refractivity contribution >= 4 is 0 Å². The first kappa shape index (κ1) is 1.05. The largest absolute Gasteiger partial charge is 0.0626 e. The first-order chi connectivity index (χ1) is 9.18. The third kappa shape index (κ3) is 1.56. The molecule has 0 aliphatic rings. The van der Waals surface area contributed by atoms with E-state index in [1.165, 1.54) is 0 Å². The summed E-state index contributed by atoms with van der Waals surface area (Å²) in [5, 5.41) is 0. The Morgan fingerprint density at radius 1 is 1.44 bits per heavy atom. The molecule has 0 N–H and O–H groups in total. The molecule has 0 nitrogen and oxygen atoms in total. The summed E-state index contributed by atoms with van der Waals surface area (Å²) in [6.07, 6.45) is 0. The first-order valence-corrected chi connectivity index (χ1v) is 2.25. The lowest BCUT2D eigenvalue weighted by atomic mass is 10.0. The molecule has 1 aromatic carbocycles. The molecule has 0 radical (unpaired) electrons. The Morgan fingerprint density at radius 2 is 2.11 bits per heavy atom. The second-order valence-electron chi connectivity index (χ2n) is 1.38. The van der Waals surface area contributed by atoms with Crippen LogP contribution >= 0.6 is 0 Å². The quantitative estimate of drug-likeness (QED) is 0.551. The van der Waals surface area contributed by atoms with Crippen molar-refractivity contribution in [2.75, 3.05) is 0 Å². The Bertz CT molecular complexity index is 523. The smallest absolute Gasteiger partial charge is 0.0622 e. The van der Waals surface area contributed by atoms with E-state index in [9.17, 15) is 0 Å². The van der Waals surface area contributed by atoms with Crippen LogP contribution in [0.5, 0.6) is 0 Å². The van der Waals surface area contributed by atoms with Gasteiger partial charge in [-0.1, -0.05) is 43.9 Å². The topological polar surface area (TPSA) is 0 Å². The van der Waals surface area contributed by atoms with Crippen LogP contribution in [0.4, 0.5) is 0 Å². The highest BCUT2D eigenvalue weighted by Gasteiger charge is 1.93. The van der Waals surface area contributed by atoms with Crippen LogP contribution in [0.15, 0.2) is 30.2 Å². The summed E-state index contributed by atoms with van der Waals surface area (Å²) in [6, 6.07) is -4.54. The lowest BCUT2D eigenvalue weighted by Gasteiger charge is -2.01. The molecule has 0 atom stereocenters. The van der Waals surface area contributed by atoms with E-state index in [4.69, 9.17) is 16.4 Å². The van der Waals surface area contributed by atoms with Crippen LogP contribution in [0.3, 0.4) is 0 Å². The van der Waals surface area contributed by atoms with Crippen LogP contribution in [0.2, 0.25) is 0 Å². The fourth-order valence-electron chi connectivity index (χ4n) is 0.375. The van der Waals surface area contributed by atoms with Crippen molar-refractivity contribution < 1.29 is 16.4 Å². The second kappa shape index (κ2) is 2.67. The molecule has 0 spiro atoms. The average Bonchev–Trinajstić information content (AvgIpc) is 2.31. The van der Waals surface area contributed by atoms with Gasteiger partial charge in [0.1, 0.15) is 0 Å². The van der Waals surface area contributed by atoms with Crippen molar-refractivity contribution in [1.29, 1.82) is 0 Å². The van der Waals surface area contributed by atoms with Crippen LogP contribution in [0, 0.1) is 0 Å². The molecule has 0 bridgehead atoms. The number of hydrogen-bond acceptors (Lipinski definition) is 0. The zero-order valence-corrected chi connectivity index (χ0v) is 4.50. The predicted molar refractivity (Wildman–Crippen MR) is 40.5 cm³/mol. The maximum absolute atomic E-state index is 7.92. The third-order valence-corrected chi connectivity index (χ3v) is 0.750. The Balaban J connectivity index is 3.96. The zero-order valence-electron chi connectivity index (χ0n) is 16.5. The van der Waals surface area contributed by atoms with Crippen molar-refractivity contribution in [3.8, 4) is 0 Å². The molecule has 0 unspecified atom stereocenters. The molecule has 0 saturated heterocycles. The summed E-state index contributed by atoms with van der Waals surface area (Å²) < 4.78 is 89.5. The number of hydrogen-bond donors (Lipinski definition) is 0. The zero-order chi connectivity index (χ0) is 17.0. The second-order valence-corrected chi connectivity index (χ2v) is 1.38. The van der Waals surface area contributed by atoms with Crippen LogP contribution in [0.25, 0.3) is 0 Å². The fourth-order valence-corrected chi connectivity index (χ4v) is 0.375. The van der Waals surface area contributed by atoms with E-state index in [-0.39, 0.29) is 0 Å². The lowest BCUT2D eigenvalue weighted by Crippen LogP contribution is -1.83. The van der Waals surface area contributed by atoms with Crippen molar-refractivity contribution in [3.63, 3.8) is 0 Å². The predicted octanol–water partition coefficient (Wildman–Crippen LogP) is 2.81. The monoisotopic (exact) mass is 132 g/mol. The Morgan fingerprint density at radius 3 is 2.67 bits per heavy atom. The maximum Gasteiger partial charge on any atom is 0.0626 e. The minimum absolute atomic E-state index is 0.785. The highest BCUT2D eigenvalue weighted by molar-refractivity contribution is 5.17. The summed E-state index contributed by atoms with van der Waals surface area (Å²) in [5.74, 6) is -3.33. The van der Waals surface area contributed by atoms with Crippen LogP contribution in [-0.2, 0) is 0 Å². The normalized spacial score (nSPS) is 33.3.